The predicted octanol–water partition coefficient (Wildman–Crippen LogP) is 1.83. The highest BCUT2D eigenvalue weighted by molar-refractivity contribution is 9.10. The molecule has 1 aliphatic rings. The van der Waals surface area contributed by atoms with Crippen molar-refractivity contribution in [2.75, 3.05) is 26.8 Å². The summed E-state index contributed by atoms with van der Waals surface area (Å²) in [7, 11) is 1.69. The Balaban J connectivity index is 2.10. The highest BCUT2D eigenvalue weighted by Crippen LogP contribution is 2.31. The van der Waals surface area contributed by atoms with Crippen LogP contribution in [0.2, 0.25) is 0 Å². The number of methoxy groups -OCH3 is 1. The summed E-state index contributed by atoms with van der Waals surface area (Å²) in [6.45, 7) is 2.19. The van der Waals surface area contributed by atoms with Crippen molar-refractivity contribution in [1.82, 2.24) is 4.90 Å². The van der Waals surface area contributed by atoms with Crippen LogP contribution in [0.1, 0.15) is 10.9 Å². The standard InChI is InChI=1S/C10H14BrN3OS/c1-15-3-2-14-8(5-13-10(14)12)9-4-7(11)6-16-9/h4,6,8H,2-3,5H2,1H3,(H2,12,13). The number of nitrogens with zero attached hydrogens (tertiary/aromatic N) is 2. The van der Waals surface area contributed by atoms with Gasteiger partial charge in [0.1, 0.15) is 0 Å². The second-order valence-electron chi connectivity index (χ2n) is 3.57. The largest absolute Gasteiger partial charge is 0.383 e. The molecule has 0 aromatic carbocycles. The first kappa shape index (κ1) is 11.9. The molecule has 0 saturated carbocycles. The van der Waals surface area contributed by atoms with Gasteiger partial charge in [-0.05, 0) is 22.0 Å². The van der Waals surface area contributed by atoms with E-state index in [4.69, 9.17) is 10.5 Å². The molecule has 0 fully saturated rings. The Labute approximate surface area is 107 Å². The number of halogens is 1. The summed E-state index contributed by atoms with van der Waals surface area (Å²) in [6.07, 6.45) is 0. The van der Waals surface area contributed by atoms with Crippen molar-refractivity contribution in [3.05, 3.63) is 20.8 Å². The van der Waals surface area contributed by atoms with Crippen LogP contribution in [0, 0.1) is 0 Å². The first-order valence-electron chi connectivity index (χ1n) is 5.02. The van der Waals surface area contributed by atoms with Crippen molar-refractivity contribution in [3.8, 4) is 0 Å². The van der Waals surface area contributed by atoms with Crippen LogP contribution >= 0.6 is 27.3 Å². The molecule has 1 atom stereocenters. The van der Waals surface area contributed by atoms with Crippen LogP contribution in [0.15, 0.2) is 20.9 Å². The number of aliphatic imine (C=N–C) groups is 1. The maximum Gasteiger partial charge on any atom is 0.192 e. The minimum absolute atomic E-state index is 0.270. The Morgan fingerprint density at radius 3 is 3.19 bits per heavy atom. The van der Waals surface area contributed by atoms with Crippen molar-refractivity contribution in [2.24, 2.45) is 10.7 Å². The molecule has 0 aliphatic carbocycles. The van der Waals surface area contributed by atoms with Gasteiger partial charge in [0.15, 0.2) is 5.96 Å². The van der Waals surface area contributed by atoms with E-state index in [9.17, 15) is 0 Å². The normalized spacial score (nSPS) is 20.2. The van der Waals surface area contributed by atoms with Crippen molar-refractivity contribution >= 4 is 33.2 Å². The lowest BCUT2D eigenvalue weighted by atomic mass is 10.2. The highest BCUT2D eigenvalue weighted by atomic mass is 79.9. The summed E-state index contributed by atoms with van der Waals surface area (Å²) in [6, 6.07) is 2.40. The average Bonchev–Trinajstić information content (AvgIpc) is 2.82. The van der Waals surface area contributed by atoms with Crippen LogP contribution in [0.5, 0.6) is 0 Å². The Bertz CT molecular complexity index is 393. The molecule has 2 N–H and O–H groups in total. The van der Waals surface area contributed by atoms with Crippen LogP contribution in [-0.2, 0) is 4.74 Å². The third kappa shape index (κ3) is 2.39. The number of nitrogens with two attached hydrogens (primary N) is 1. The monoisotopic (exact) mass is 303 g/mol. The summed E-state index contributed by atoms with van der Waals surface area (Å²) < 4.78 is 6.20. The molecule has 0 bridgehead atoms. The molecule has 1 unspecified atom stereocenters. The lowest BCUT2D eigenvalue weighted by Gasteiger charge is -2.24. The first-order valence-corrected chi connectivity index (χ1v) is 6.69. The van der Waals surface area contributed by atoms with Gasteiger partial charge in [-0.1, -0.05) is 0 Å². The smallest absolute Gasteiger partial charge is 0.192 e. The summed E-state index contributed by atoms with van der Waals surface area (Å²) in [5.74, 6) is 0.617. The van der Waals surface area contributed by atoms with E-state index in [1.165, 1.54) is 4.88 Å². The molecule has 4 nitrogen and oxygen atoms in total. The molecule has 0 spiro atoms. The third-order valence-corrected chi connectivity index (χ3v) is 4.34. The quantitative estimate of drug-likeness (QED) is 0.923. The lowest BCUT2D eigenvalue weighted by molar-refractivity contribution is 0.167. The van der Waals surface area contributed by atoms with E-state index in [0.29, 0.717) is 12.6 Å². The van der Waals surface area contributed by atoms with Gasteiger partial charge in [-0.25, -0.2) is 0 Å². The minimum Gasteiger partial charge on any atom is -0.383 e. The lowest BCUT2D eigenvalue weighted by Crippen LogP contribution is -2.38. The van der Waals surface area contributed by atoms with Gasteiger partial charge in [-0.15, -0.1) is 11.3 Å². The topological polar surface area (TPSA) is 50.9 Å². The van der Waals surface area contributed by atoms with Crippen molar-refractivity contribution in [3.63, 3.8) is 0 Å². The molecule has 2 heterocycles. The summed E-state index contributed by atoms with van der Waals surface area (Å²) in [4.78, 5) is 7.68. The van der Waals surface area contributed by atoms with E-state index in [1.807, 2.05) is 0 Å². The molecule has 16 heavy (non-hydrogen) atoms. The fourth-order valence-electron chi connectivity index (χ4n) is 1.74. The first-order chi connectivity index (χ1) is 7.72. The predicted molar refractivity (Wildman–Crippen MR) is 69.8 cm³/mol. The van der Waals surface area contributed by atoms with Gasteiger partial charge in [0, 0.05) is 28.4 Å². The van der Waals surface area contributed by atoms with E-state index < -0.39 is 0 Å². The van der Waals surface area contributed by atoms with Gasteiger partial charge in [0.25, 0.3) is 0 Å². The van der Waals surface area contributed by atoms with E-state index in [2.05, 4.69) is 37.3 Å². The SMILES string of the molecule is COCCN1C(N)=NCC1c1cc(Br)cs1. The van der Waals surface area contributed by atoms with Crippen LogP contribution in [-0.4, -0.2) is 37.7 Å². The molecule has 0 radical (unpaired) electrons. The summed E-state index contributed by atoms with van der Waals surface area (Å²) in [5.41, 5.74) is 5.87. The van der Waals surface area contributed by atoms with Crippen molar-refractivity contribution < 1.29 is 4.74 Å². The fraction of sp³-hybridized carbons (Fsp3) is 0.500. The Morgan fingerprint density at radius 2 is 2.56 bits per heavy atom. The molecule has 88 valence electrons. The van der Waals surface area contributed by atoms with Crippen LogP contribution in [0.25, 0.3) is 0 Å². The zero-order valence-corrected chi connectivity index (χ0v) is 11.4. The van der Waals surface area contributed by atoms with E-state index >= 15 is 0 Å². The van der Waals surface area contributed by atoms with Gasteiger partial charge in [-0.3, -0.25) is 4.99 Å². The van der Waals surface area contributed by atoms with E-state index in [1.54, 1.807) is 18.4 Å². The Kier molecular flexibility index (Phi) is 3.83. The molecule has 1 aromatic rings. The molecule has 1 aliphatic heterocycles. The number of ether oxygens (including phenoxy) is 1. The van der Waals surface area contributed by atoms with E-state index in [0.717, 1.165) is 17.6 Å². The maximum atomic E-state index is 5.87. The van der Waals surface area contributed by atoms with Crippen LogP contribution in [0.4, 0.5) is 0 Å². The second-order valence-corrected chi connectivity index (χ2v) is 5.43. The van der Waals surface area contributed by atoms with Crippen LogP contribution in [0.3, 0.4) is 0 Å². The van der Waals surface area contributed by atoms with Crippen LogP contribution < -0.4 is 5.73 Å². The highest BCUT2D eigenvalue weighted by Gasteiger charge is 2.27. The zero-order chi connectivity index (χ0) is 11.5. The van der Waals surface area contributed by atoms with Gasteiger partial charge < -0.3 is 15.4 Å². The van der Waals surface area contributed by atoms with Gasteiger partial charge in [-0.2, -0.15) is 0 Å². The van der Waals surface area contributed by atoms with Gasteiger partial charge >= 0.3 is 0 Å². The average molecular weight is 304 g/mol. The molecule has 1 aromatic heterocycles. The summed E-state index contributed by atoms with van der Waals surface area (Å²) >= 11 is 5.19. The molecular weight excluding hydrogens is 290 g/mol. The molecule has 0 amide bonds. The number of thiophene rings is 1. The third-order valence-electron chi connectivity index (χ3n) is 2.55. The van der Waals surface area contributed by atoms with Crippen molar-refractivity contribution in [1.29, 1.82) is 0 Å². The Morgan fingerprint density at radius 1 is 1.75 bits per heavy atom. The minimum atomic E-state index is 0.270. The van der Waals surface area contributed by atoms with E-state index in [-0.39, 0.29) is 6.04 Å². The number of hydrogen-bond acceptors (Lipinski definition) is 5. The number of hydrogen-bond donors (Lipinski definition) is 1. The fourth-order valence-corrected chi connectivity index (χ4v) is 3.28. The molecular formula is C10H14BrN3OS. The maximum absolute atomic E-state index is 5.87. The van der Waals surface area contributed by atoms with Crippen molar-refractivity contribution in [2.45, 2.75) is 6.04 Å². The van der Waals surface area contributed by atoms with Gasteiger partial charge in [0.05, 0.1) is 19.2 Å². The molecule has 0 saturated heterocycles. The van der Waals surface area contributed by atoms with Gasteiger partial charge in [0.2, 0.25) is 0 Å². The second kappa shape index (κ2) is 5.16. The number of guanidine groups is 1. The molecule has 6 heteroatoms. The molecule has 2 rings (SSSR count). The summed E-state index contributed by atoms with van der Waals surface area (Å²) in [5, 5.41) is 2.08. The Hall–Kier alpha value is -0.590. The zero-order valence-electron chi connectivity index (χ0n) is 9.02. The number of rotatable bonds is 4.